The first-order chi connectivity index (χ1) is 4.93. The molecule has 0 aliphatic heterocycles. The highest BCUT2D eigenvalue weighted by Gasteiger charge is 2.36. The molecule has 0 aromatic heterocycles. The molecule has 11 heavy (non-hydrogen) atoms. The van der Waals surface area contributed by atoms with E-state index in [-0.39, 0.29) is 6.42 Å². The summed E-state index contributed by atoms with van der Waals surface area (Å²) < 4.78 is 47.0. The van der Waals surface area contributed by atoms with E-state index in [1.165, 1.54) is 6.92 Å². The van der Waals surface area contributed by atoms with Crippen LogP contribution in [-0.2, 0) is 0 Å². The topological polar surface area (TPSA) is 0 Å². The molecule has 0 N–H and O–H groups in total. The van der Waals surface area contributed by atoms with Crippen molar-refractivity contribution in [3.8, 4) is 0 Å². The van der Waals surface area contributed by atoms with E-state index in [1.54, 1.807) is 0 Å². The van der Waals surface area contributed by atoms with E-state index < -0.39 is 17.6 Å². The third-order valence-corrected chi connectivity index (χ3v) is 1.16. The lowest BCUT2D eigenvalue weighted by molar-refractivity contribution is -0.109. The molecule has 0 aliphatic rings. The molecule has 0 aromatic carbocycles. The number of alkyl halides is 3. The van der Waals surface area contributed by atoms with Gasteiger partial charge in [-0.3, -0.25) is 0 Å². The van der Waals surface area contributed by atoms with Gasteiger partial charge in [0.2, 0.25) is 5.83 Å². The Morgan fingerprint density at radius 3 is 2.00 bits per heavy atom. The van der Waals surface area contributed by atoms with Gasteiger partial charge in [-0.1, -0.05) is 19.6 Å². The molecule has 0 spiro atoms. The van der Waals surface area contributed by atoms with Gasteiger partial charge in [-0.05, 0) is 12.0 Å². The van der Waals surface area contributed by atoms with Crippen molar-refractivity contribution in [2.75, 3.05) is 0 Å². The van der Waals surface area contributed by atoms with Crippen LogP contribution in [0.25, 0.3) is 0 Å². The normalized spacial score (nSPS) is 14.3. The lowest BCUT2D eigenvalue weighted by atomic mass is 10.2. The third kappa shape index (κ3) is 2.74. The van der Waals surface area contributed by atoms with Crippen LogP contribution in [-0.4, -0.2) is 6.18 Å². The maximum atomic E-state index is 12.3. The number of halogens is 4. The number of hydrogen-bond donors (Lipinski definition) is 0. The van der Waals surface area contributed by atoms with Crippen LogP contribution < -0.4 is 0 Å². The van der Waals surface area contributed by atoms with E-state index in [2.05, 4.69) is 6.58 Å². The molecule has 0 bridgehead atoms. The molecule has 0 unspecified atom stereocenters. The SMILES string of the molecule is C=CC(CC)=C(F)C(F)(F)F. The van der Waals surface area contributed by atoms with Gasteiger partial charge in [0.1, 0.15) is 0 Å². The average molecular weight is 168 g/mol. The Balaban J connectivity index is 4.76. The zero-order chi connectivity index (χ0) is 9.07. The molecular weight excluding hydrogens is 160 g/mol. The van der Waals surface area contributed by atoms with Crippen molar-refractivity contribution in [2.45, 2.75) is 19.5 Å². The predicted octanol–water partition coefficient (Wildman–Crippen LogP) is 3.37. The van der Waals surface area contributed by atoms with Gasteiger partial charge in [0, 0.05) is 0 Å². The lowest BCUT2D eigenvalue weighted by Gasteiger charge is -2.05. The van der Waals surface area contributed by atoms with Gasteiger partial charge < -0.3 is 0 Å². The maximum Gasteiger partial charge on any atom is 0.443 e. The molecule has 0 nitrogen and oxygen atoms in total. The minimum Gasteiger partial charge on any atom is -0.201 e. The minimum atomic E-state index is -4.88. The fourth-order valence-corrected chi connectivity index (χ4v) is 0.571. The lowest BCUT2D eigenvalue weighted by Crippen LogP contribution is -2.09. The molecule has 0 heterocycles. The summed E-state index contributed by atoms with van der Waals surface area (Å²) in [7, 11) is 0. The Kier molecular flexibility index (Phi) is 3.29. The van der Waals surface area contributed by atoms with Crippen LogP contribution in [0, 0.1) is 0 Å². The molecule has 0 radical (unpaired) electrons. The van der Waals surface area contributed by atoms with E-state index >= 15 is 0 Å². The van der Waals surface area contributed by atoms with Crippen molar-refractivity contribution in [3.05, 3.63) is 24.1 Å². The second kappa shape index (κ2) is 3.55. The van der Waals surface area contributed by atoms with Crippen LogP contribution in [0.15, 0.2) is 24.1 Å². The van der Waals surface area contributed by atoms with Crippen LogP contribution in [0.1, 0.15) is 13.3 Å². The maximum absolute atomic E-state index is 12.3. The summed E-state index contributed by atoms with van der Waals surface area (Å²) in [5, 5.41) is 0. The Bertz CT molecular complexity index is 175. The van der Waals surface area contributed by atoms with Crippen LogP contribution in [0.2, 0.25) is 0 Å². The predicted molar refractivity (Wildman–Crippen MR) is 34.7 cm³/mol. The largest absolute Gasteiger partial charge is 0.443 e. The van der Waals surface area contributed by atoms with Gasteiger partial charge in [-0.2, -0.15) is 13.2 Å². The first-order valence-electron chi connectivity index (χ1n) is 3.01. The summed E-state index contributed by atoms with van der Waals surface area (Å²) in [5.74, 6) is -2.05. The Labute approximate surface area is 62.2 Å². The molecule has 0 atom stereocenters. The zero-order valence-electron chi connectivity index (χ0n) is 6.00. The van der Waals surface area contributed by atoms with E-state index in [0.717, 1.165) is 6.08 Å². The van der Waals surface area contributed by atoms with Crippen LogP contribution in [0.5, 0.6) is 0 Å². The van der Waals surface area contributed by atoms with Gasteiger partial charge in [0.05, 0.1) is 0 Å². The van der Waals surface area contributed by atoms with Gasteiger partial charge in [-0.15, -0.1) is 0 Å². The van der Waals surface area contributed by atoms with E-state index in [1.807, 2.05) is 0 Å². The Morgan fingerprint density at radius 2 is 1.91 bits per heavy atom. The summed E-state index contributed by atoms with van der Waals surface area (Å²) in [4.78, 5) is 0. The standard InChI is InChI=1S/C7H8F4/c1-3-5(4-2)6(8)7(9,10)11/h3H,1,4H2,2H3. The van der Waals surface area contributed by atoms with Crippen molar-refractivity contribution >= 4 is 0 Å². The van der Waals surface area contributed by atoms with E-state index in [4.69, 9.17) is 0 Å². The Hall–Kier alpha value is -0.800. The second-order valence-corrected chi connectivity index (χ2v) is 1.89. The highest BCUT2D eigenvalue weighted by molar-refractivity contribution is 5.22. The van der Waals surface area contributed by atoms with Crippen LogP contribution in [0.4, 0.5) is 17.6 Å². The van der Waals surface area contributed by atoms with Crippen LogP contribution >= 0.6 is 0 Å². The highest BCUT2D eigenvalue weighted by atomic mass is 19.4. The molecule has 0 rings (SSSR count). The van der Waals surface area contributed by atoms with Crippen molar-refractivity contribution in [2.24, 2.45) is 0 Å². The number of rotatable bonds is 2. The number of allylic oxidation sites excluding steroid dienone is 3. The molecule has 0 aromatic rings. The quantitative estimate of drug-likeness (QED) is 0.438. The Morgan fingerprint density at radius 1 is 1.45 bits per heavy atom. The monoisotopic (exact) mass is 168 g/mol. The van der Waals surface area contributed by atoms with Gasteiger partial charge >= 0.3 is 6.18 Å². The molecule has 64 valence electrons. The summed E-state index contributed by atoms with van der Waals surface area (Å²) in [6.07, 6.45) is -4.00. The summed E-state index contributed by atoms with van der Waals surface area (Å²) in [6.45, 7) is 4.50. The first-order valence-corrected chi connectivity index (χ1v) is 3.01. The van der Waals surface area contributed by atoms with Crippen molar-refractivity contribution in [1.82, 2.24) is 0 Å². The van der Waals surface area contributed by atoms with Crippen molar-refractivity contribution in [1.29, 1.82) is 0 Å². The number of hydrogen-bond acceptors (Lipinski definition) is 0. The molecular formula is C7H8F4. The summed E-state index contributed by atoms with van der Waals surface area (Å²) >= 11 is 0. The van der Waals surface area contributed by atoms with Crippen molar-refractivity contribution < 1.29 is 17.6 Å². The van der Waals surface area contributed by atoms with E-state index in [0.29, 0.717) is 0 Å². The first kappa shape index (κ1) is 10.2. The fourth-order valence-electron chi connectivity index (χ4n) is 0.571. The smallest absolute Gasteiger partial charge is 0.201 e. The molecule has 0 aliphatic carbocycles. The average Bonchev–Trinajstić information content (AvgIpc) is 1.88. The fraction of sp³-hybridized carbons (Fsp3) is 0.429. The summed E-state index contributed by atoms with van der Waals surface area (Å²) in [5.41, 5.74) is -0.405. The van der Waals surface area contributed by atoms with Gasteiger partial charge in [0.25, 0.3) is 0 Å². The van der Waals surface area contributed by atoms with Gasteiger partial charge in [-0.25, -0.2) is 4.39 Å². The minimum absolute atomic E-state index is 0.00512. The molecule has 0 saturated heterocycles. The van der Waals surface area contributed by atoms with E-state index in [9.17, 15) is 17.6 Å². The second-order valence-electron chi connectivity index (χ2n) is 1.89. The third-order valence-electron chi connectivity index (χ3n) is 1.16. The molecule has 4 heteroatoms. The summed E-state index contributed by atoms with van der Waals surface area (Å²) in [6, 6.07) is 0. The van der Waals surface area contributed by atoms with Gasteiger partial charge in [0.15, 0.2) is 0 Å². The highest BCUT2D eigenvalue weighted by Crippen LogP contribution is 2.30. The molecule has 0 fully saturated rings. The zero-order valence-corrected chi connectivity index (χ0v) is 6.00. The molecule has 0 saturated carbocycles. The molecule has 0 amide bonds. The van der Waals surface area contributed by atoms with Crippen LogP contribution in [0.3, 0.4) is 0 Å². The van der Waals surface area contributed by atoms with Crippen molar-refractivity contribution in [3.63, 3.8) is 0 Å².